The zero-order chi connectivity index (χ0) is 18.9. The molecule has 0 aromatic heterocycles. The van der Waals surface area contributed by atoms with Gasteiger partial charge in [-0.2, -0.15) is 0 Å². The van der Waals surface area contributed by atoms with E-state index in [1.165, 1.54) is 6.08 Å². The summed E-state index contributed by atoms with van der Waals surface area (Å²) in [5, 5.41) is 6.56. The molecule has 26 heavy (non-hydrogen) atoms. The molecular weight excluding hydrogens is 371 g/mol. The number of amides is 2. The fourth-order valence-electron chi connectivity index (χ4n) is 2.26. The van der Waals surface area contributed by atoms with E-state index in [4.69, 9.17) is 23.2 Å². The molecule has 0 aliphatic rings. The van der Waals surface area contributed by atoms with Crippen LogP contribution in [0.5, 0.6) is 0 Å². The van der Waals surface area contributed by atoms with E-state index in [2.05, 4.69) is 10.6 Å². The molecule has 0 aliphatic heterocycles. The number of benzene rings is 2. The number of nitrogens with one attached hydrogen (secondary N) is 2. The Balaban J connectivity index is 1.76. The van der Waals surface area contributed by atoms with Crippen molar-refractivity contribution in [3.8, 4) is 0 Å². The largest absolute Gasteiger partial charge is 0.354 e. The average molecular weight is 391 g/mol. The first-order valence-electron chi connectivity index (χ1n) is 8.21. The predicted octanol–water partition coefficient (Wildman–Crippen LogP) is 3.87. The van der Waals surface area contributed by atoms with E-state index >= 15 is 0 Å². The van der Waals surface area contributed by atoms with Crippen molar-refractivity contribution in [2.45, 2.75) is 19.4 Å². The van der Waals surface area contributed by atoms with E-state index in [9.17, 15) is 9.59 Å². The fraction of sp³-hybridized carbons (Fsp3) is 0.200. The molecule has 2 amide bonds. The van der Waals surface area contributed by atoms with Gasteiger partial charge in [-0.1, -0.05) is 59.6 Å². The first kappa shape index (κ1) is 20.0. The highest BCUT2D eigenvalue weighted by atomic mass is 35.5. The van der Waals surface area contributed by atoms with Crippen LogP contribution in [0.3, 0.4) is 0 Å². The van der Waals surface area contributed by atoms with Crippen molar-refractivity contribution in [3.05, 3.63) is 75.8 Å². The molecule has 0 aliphatic carbocycles. The van der Waals surface area contributed by atoms with Crippen molar-refractivity contribution in [2.75, 3.05) is 6.54 Å². The Bertz CT molecular complexity index is 792. The van der Waals surface area contributed by atoms with Crippen LogP contribution >= 0.6 is 23.2 Å². The van der Waals surface area contributed by atoms with Crippen LogP contribution in [-0.2, 0) is 16.0 Å². The molecule has 0 saturated carbocycles. The lowest BCUT2D eigenvalue weighted by Gasteiger charge is -2.13. The summed E-state index contributed by atoms with van der Waals surface area (Å²) in [6.45, 7) is 2.05. The van der Waals surface area contributed by atoms with E-state index < -0.39 is 6.04 Å². The van der Waals surface area contributed by atoms with Crippen molar-refractivity contribution in [1.82, 2.24) is 10.6 Å². The zero-order valence-corrected chi connectivity index (χ0v) is 15.8. The maximum Gasteiger partial charge on any atom is 0.244 e. The minimum atomic E-state index is -0.636. The van der Waals surface area contributed by atoms with Crippen LogP contribution in [0.15, 0.2) is 54.6 Å². The number of halogens is 2. The van der Waals surface area contributed by atoms with E-state index in [0.29, 0.717) is 23.0 Å². The Labute approximate surface area is 163 Å². The highest BCUT2D eigenvalue weighted by molar-refractivity contribution is 6.35. The smallest absolute Gasteiger partial charge is 0.244 e. The van der Waals surface area contributed by atoms with Gasteiger partial charge in [0, 0.05) is 22.7 Å². The maximum atomic E-state index is 12.1. The van der Waals surface area contributed by atoms with Gasteiger partial charge in [0.25, 0.3) is 0 Å². The van der Waals surface area contributed by atoms with Gasteiger partial charge in [0.1, 0.15) is 6.04 Å². The molecule has 0 bridgehead atoms. The fourth-order valence-corrected chi connectivity index (χ4v) is 2.76. The molecule has 0 heterocycles. The summed E-state index contributed by atoms with van der Waals surface area (Å²) in [5.41, 5.74) is 1.82. The lowest BCUT2D eigenvalue weighted by atomic mass is 10.1. The molecule has 2 N–H and O–H groups in total. The lowest BCUT2D eigenvalue weighted by Crippen LogP contribution is -2.44. The van der Waals surface area contributed by atoms with Gasteiger partial charge in [-0.05, 0) is 42.7 Å². The molecule has 0 spiro atoms. The molecule has 6 heteroatoms. The van der Waals surface area contributed by atoms with Crippen LogP contribution in [-0.4, -0.2) is 24.4 Å². The summed E-state index contributed by atoms with van der Waals surface area (Å²) < 4.78 is 0. The van der Waals surface area contributed by atoms with Gasteiger partial charge in [-0.3, -0.25) is 9.59 Å². The van der Waals surface area contributed by atoms with E-state index in [1.807, 2.05) is 36.4 Å². The molecule has 2 aromatic rings. The van der Waals surface area contributed by atoms with Gasteiger partial charge in [0.05, 0.1) is 0 Å². The number of carbonyl (C=O) groups excluding carboxylic acids is 2. The molecule has 136 valence electrons. The third-order valence-electron chi connectivity index (χ3n) is 3.69. The molecule has 1 atom stereocenters. The summed E-state index contributed by atoms with van der Waals surface area (Å²) in [7, 11) is 0. The van der Waals surface area contributed by atoms with Crippen molar-refractivity contribution < 1.29 is 9.59 Å². The Morgan fingerprint density at radius 1 is 1.12 bits per heavy atom. The van der Waals surface area contributed by atoms with Gasteiger partial charge in [0.2, 0.25) is 11.8 Å². The molecule has 0 unspecified atom stereocenters. The molecule has 0 saturated heterocycles. The second-order valence-corrected chi connectivity index (χ2v) is 6.59. The Hall–Kier alpha value is -2.30. The molecule has 0 radical (unpaired) electrons. The topological polar surface area (TPSA) is 58.2 Å². The Kier molecular flexibility index (Phi) is 7.70. The van der Waals surface area contributed by atoms with Gasteiger partial charge < -0.3 is 10.6 Å². The number of hydrogen-bond donors (Lipinski definition) is 2. The average Bonchev–Trinajstić information content (AvgIpc) is 2.62. The lowest BCUT2D eigenvalue weighted by molar-refractivity contribution is -0.126. The highest BCUT2D eigenvalue weighted by Crippen LogP contribution is 2.21. The molecule has 0 fully saturated rings. The molecule has 4 nitrogen and oxygen atoms in total. The molecule has 2 rings (SSSR count). The minimum Gasteiger partial charge on any atom is -0.354 e. The van der Waals surface area contributed by atoms with Crippen LogP contribution in [0.25, 0.3) is 6.08 Å². The van der Waals surface area contributed by atoms with Crippen LogP contribution in [0, 0.1) is 0 Å². The first-order chi connectivity index (χ1) is 12.5. The van der Waals surface area contributed by atoms with E-state index in [1.54, 1.807) is 25.1 Å². The number of carbonyl (C=O) groups is 2. The second kappa shape index (κ2) is 10.00. The normalized spacial score (nSPS) is 12.0. The molecule has 2 aromatic carbocycles. The number of rotatable bonds is 7. The van der Waals surface area contributed by atoms with Crippen molar-refractivity contribution in [3.63, 3.8) is 0 Å². The molecular formula is C20H20Cl2N2O2. The summed E-state index contributed by atoms with van der Waals surface area (Å²) in [4.78, 5) is 24.0. The van der Waals surface area contributed by atoms with Crippen LogP contribution in [0.1, 0.15) is 18.1 Å². The van der Waals surface area contributed by atoms with Gasteiger partial charge >= 0.3 is 0 Å². The minimum absolute atomic E-state index is 0.253. The Morgan fingerprint density at radius 3 is 2.54 bits per heavy atom. The van der Waals surface area contributed by atoms with Gasteiger partial charge in [-0.25, -0.2) is 0 Å². The predicted molar refractivity (Wildman–Crippen MR) is 106 cm³/mol. The van der Waals surface area contributed by atoms with Crippen molar-refractivity contribution >= 4 is 41.1 Å². The first-order valence-corrected chi connectivity index (χ1v) is 8.96. The summed E-state index contributed by atoms with van der Waals surface area (Å²) in [6.07, 6.45) is 3.69. The highest BCUT2D eigenvalue weighted by Gasteiger charge is 2.13. The summed E-state index contributed by atoms with van der Waals surface area (Å²) in [5.74, 6) is -0.575. The van der Waals surface area contributed by atoms with Gasteiger partial charge in [-0.15, -0.1) is 0 Å². The van der Waals surface area contributed by atoms with E-state index in [0.717, 1.165) is 11.1 Å². The zero-order valence-electron chi connectivity index (χ0n) is 14.3. The SMILES string of the molecule is C[C@H](NC(=O)/C=C/c1ccccc1)C(=O)NCCc1ccc(Cl)cc1Cl. The van der Waals surface area contributed by atoms with Gasteiger partial charge in [0.15, 0.2) is 0 Å². The third kappa shape index (κ3) is 6.54. The maximum absolute atomic E-state index is 12.1. The van der Waals surface area contributed by atoms with Crippen LogP contribution in [0.4, 0.5) is 0 Å². The summed E-state index contributed by atoms with van der Waals surface area (Å²) >= 11 is 12.0. The quantitative estimate of drug-likeness (QED) is 0.704. The second-order valence-electron chi connectivity index (χ2n) is 5.75. The van der Waals surface area contributed by atoms with Crippen molar-refractivity contribution in [1.29, 1.82) is 0 Å². The third-order valence-corrected chi connectivity index (χ3v) is 4.27. The standard InChI is InChI=1S/C20H20Cl2N2O2/c1-14(24-19(25)10-7-15-5-3-2-4-6-15)20(26)23-12-11-16-8-9-17(21)13-18(16)22/h2-10,13-14H,11-12H2,1H3,(H,23,26)(H,24,25)/b10-7+/t14-/m0/s1. The van der Waals surface area contributed by atoms with E-state index in [-0.39, 0.29) is 11.8 Å². The van der Waals surface area contributed by atoms with Crippen LogP contribution < -0.4 is 10.6 Å². The summed E-state index contributed by atoms with van der Waals surface area (Å²) in [6, 6.07) is 14.1. The van der Waals surface area contributed by atoms with Crippen LogP contribution in [0.2, 0.25) is 10.0 Å². The monoisotopic (exact) mass is 390 g/mol. The number of hydrogen-bond acceptors (Lipinski definition) is 2. The Morgan fingerprint density at radius 2 is 1.85 bits per heavy atom. The van der Waals surface area contributed by atoms with Crippen molar-refractivity contribution in [2.24, 2.45) is 0 Å².